The number of benzene rings is 2. The Bertz CT molecular complexity index is 922. The summed E-state index contributed by atoms with van der Waals surface area (Å²) in [7, 11) is 1.61. The fourth-order valence-corrected chi connectivity index (χ4v) is 2.78. The van der Waals surface area contributed by atoms with Crippen LogP contribution < -0.4 is 10.1 Å². The Kier molecular flexibility index (Phi) is 5.76. The molecule has 0 bridgehead atoms. The summed E-state index contributed by atoms with van der Waals surface area (Å²) in [4.78, 5) is 17.0. The van der Waals surface area contributed by atoms with Crippen molar-refractivity contribution in [1.29, 1.82) is 0 Å². The number of nitrogens with zero attached hydrogens (tertiary/aromatic N) is 2. The molecule has 0 aliphatic heterocycles. The summed E-state index contributed by atoms with van der Waals surface area (Å²) in [5.41, 5.74) is 1.28. The second-order valence-electron chi connectivity index (χ2n) is 6.39. The highest BCUT2D eigenvalue weighted by Gasteiger charge is 2.25. The summed E-state index contributed by atoms with van der Waals surface area (Å²) in [6.45, 7) is 3.94. The van der Waals surface area contributed by atoms with Gasteiger partial charge >= 0.3 is 0 Å². The maximum Gasteiger partial charge on any atom is 0.251 e. The average Bonchev–Trinajstić information content (AvgIpc) is 3.15. The van der Waals surface area contributed by atoms with Gasteiger partial charge in [0, 0.05) is 16.1 Å². The Morgan fingerprint density at radius 2 is 1.93 bits per heavy atom. The fraction of sp³-hybridized carbons (Fsp3) is 0.250. The van der Waals surface area contributed by atoms with E-state index in [-0.39, 0.29) is 11.8 Å². The predicted molar refractivity (Wildman–Crippen MR) is 103 cm³/mol. The van der Waals surface area contributed by atoms with Crippen molar-refractivity contribution < 1.29 is 14.1 Å². The van der Waals surface area contributed by atoms with E-state index in [0.29, 0.717) is 22.3 Å². The highest BCUT2D eigenvalue weighted by Crippen LogP contribution is 2.25. The lowest BCUT2D eigenvalue weighted by Crippen LogP contribution is -2.32. The Morgan fingerprint density at radius 3 is 2.56 bits per heavy atom. The van der Waals surface area contributed by atoms with E-state index in [1.807, 2.05) is 38.1 Å². The van der Waals surface area contributed by atoms with Crippen molar-refractivity contribution in [2.75, 3.05) is 7.11 Å². The molecule has 7 heteroatoms. The number of ether oxygens (including phenoxy) is 1. The molecule has 2 aromatic carbocycles. The zero-order chi connectivity index (χ0) is 19.4. The van der Waals surface area contributed by atoms with Gasteiger partial charge in [0.15, 0.2) is 0 Å². The largest absolute Gasteiger partial charge is 0.497 e. The number of halogens is 1. The maximum atomic E-state index is 12.6. The third-order valence-electron chi connectivity index (χ3n) is 4.10. The van der Waals surface area contributed by atoms with Crippen molar-refractivity contribution in [3.63, 3.8) is 0 Å². The molecule has 0 spiro atoms. The number of amides is 1. The zero-order valence-corrected chi connectivity index (χ0v) is 16.0. The highest BCUT2D eigenvalue weighted by molar-refractivity contribution is 6.30. The second-order valence-corrected chi connectivity index (χ2v) is 6.83. The van der Waals surface area contributed by atoms with Crippen LogP contribution in [0, 0.1) is 5.92 Å². The molecule has 0 aliphatic carbocycles. The van der Waals surface area contributed by atoms with Gasteiger partial charge in [-0.15, -0.1) is 0 Å². The molecule has 0 aliphatic rings. The van der Waals surface area contributed by atoms with Crippen molar-refractivity contribution in [3.8, 4) is 17.1 Å². The summed E-state index contributed by atoms with van der Waals surface area (Å²) >= 11 is 5.97. The third kappa shape index (κ3) is 4.46. The van der Waals surface area contributed by atoms with E-state index in [4.69, 9.17) is 20.9 Å². The Labute approximate surface area is 162 Å². The molecule has 0 unspecified atom stereocenters. The Morgan fingerprint density at radius 1 is 1.19 bits per heavy atom. The Balaban J connectivity index is 1.81. The molecule has 0 radical (unpaired) electrons. The van der Waals surface area contributed by atoms with Crippen molar-refractivity contribution >= 4 is 17.5 Å². The predicted octanol–water partition coefficient (Wildman–Crippen LogP) is 4.53. The van der Waals surface area contributed by atoms with E-state index < -0.39 is 6.04 Å². The molecule has 3 aromatic rings. The molecule has 27 heavy (non-hydrogen) atoms. The van der Waals surface area contributed by atoms with Crippen LogP contribution in [0.5, 0.6) is 5.75 Å². The first-order valence-electron chi connectivity index (χ1n) is 8.52. The molecular weight excluding hydrogens is 366 g/mol. The van der Waals surface area contributed by atoms with Gasteiger partial charge in [-0.25, -0.2) is 0 Å². The molecule has 0 fully saturated rings. The standard InChI is InChI=1S/C20H20ClN3O3/c1-12(2)17(22-19(25)14-5-4-6-15(21)11-14)20-23-18(24-27-20)13-7-9-16(26-3)10-8-13/h4-12,17H,1-3H3,(H,22,25)/t17-/m0/s1. The average molecular weight is 386 g/mol. The van der Waals surface area contributed by atoms with Gasteiger partial charge in [-0.2, -0.15) is 4.98 Å². The van der Waals surface area contributed by atoms with E-state index in [9.17, 15) is 4.79 Å². The van der Waals surface area contributed by atoms with Gasteiger partial charge in [0.05, 0.1) is 7.11 Å². The third-order valence-corrected chi connectivity index (χ3v) is 4.33. The van der Waals surface area contributed by atoms with Crippen LogP contribution in [-0.4, -0.2) is 23.2 Å². The zero-order valence-electron chi connectivity index (χ0n) is 15.3. The molecule has 1 N–H and O–H groups in total. The molecule has 1 aromatic heterocycles. The normalized spacial score (nSPS) is 12.0. The lowest BCUT2D eigenvalue weighted by Gasteiger charge is -2.18. The topological polar surface area (TPSA) is 77.3 Å². The highest BCUT2D eigenvalue weighted by atomic mass is 35.5. The molecule has 6 nitrogen and oxygen atoms in total. The van der Waals surface area contributed by atoms with Crippen LogP contribution in [0.4, 0.5) is 0 Å². The van der Waals surface area contributed by atoms with Crippen molar-refractivity contribution in [1.82, 2.24) is 15.5 Å². The molecule has 0 saturated heterocycles. The van der Waals surface area contributed by atoms with Gasteiger partial charge in [-0.1, -0.05) is 36.7 Å². The Hall–Kier alpha value is -2.86. The van der Waals surface area contributed by atoms with Crippen LogP contribution in [0.2, 0.25) is 5.02 Å². The van der Waals surface area contributed by atoms with E-state index in [2.05, 4.69) is 15.5 Å². The lowest BCUT2D eigenvalue weighted by atomic mass is 10.0. The van der Waals surface area contributed by atoms with E-state index >= 15 is 0 Å². The van der Waals surface area contributed by atoms with Gasteiger partial charge < -0.3 is 14.6 Å². The van der Waals surface area contributed by atoms with E-state index in [1.165, 1.54) is 0 Å². The van der Waals surface area contributed by atoms with Crippen LogP contribution in [0.15, 0.2) is 53.1 Å². The number of nitrogens with one attached hydrogen (secondary N) is 1. The van der Waals surface area contributed by atoms with Crippen LogP contribution in [-0.2, 0) is 0 Å². The van der Waals surface area contributed by atoms with Gasteiger partial charge in [0.2, 0.25) is 11.7 Å². The first-order valence-corrected chi connectivity index (χ1v) is 8.90. The number of carbonyl (C=O) groups excluding carboxylic acids is 1. The maximum absolute atomic E-state index is 12.6. The van der Waals surface area contributed by atoms with Crippen molar-refractivity contribution in [3.05, 3.63) is 65.0 Å². The molecule has 1 heterocycles. The van der Waals surface area contributed by atoms with Gasteiger partial charge in [-0.3, -0.25) is 4.79 Å². The minimum Gasteiger partial charge on any atom is -0.497 e. The number of aromatic nitrogens is 2. The number of hydrogen-bond donors (Lipinski definition) is 1. The SMILES string of the molecule is COc1ccc(-c2noc([C@@H](NC(=O)c3cccc(Cl)c3)C(C)C)n2)cc1. The second kappa shape index (κ2) is 8.22. The number of hydrogen-bond acceptors (Lipinski definition) is 5. The van der Waals surface area contributed by atoms with Gasteiger partial charge in [0.25, 0.3) is 5.91 Å². The molecule has 3 rings (SSSR count). The van der Waals surface area contributed by atoms with Gasteiger partial charge in [0.1, 0.15) is 11.8 Å². The van der Waals surface area contributed by atoms with Crippen molar-refractivity contribution in [2.45, 2.75) is 19.9 Å². The summed E-state index contributed by atoms with van der Waals surface area (Å²) < 4.78 is 10.6. The number of rotatable bonds is 6. The number of carbonyl (C=O) groups is 1. The van der Waals surface area contributed by atoms with Crippen LogP contribution in [0.3, 0.4) is 0 Å². The summed E-state index contributed by atoms with van der Waals surface area (Å²) in [5, 5.41) is 7.49. The van der Waals surface area contributed by atoms with E-state index in [1.54, 1.807) is 31.4 Å². The monoisotopic (exact) mass is 385 g/mol. The quantitative estimate of drug-likeness (QED) is 0.674. The molecular formula is C20H20ClN3O3. The first-order chi connectivity index (χ1) is 13.0. The van der Waals surface area contributed by atoms with Crippen molar-refractivity contribution in [2.24, 2.45) is 5.92 Å². The molecule has 1 atom stereocenters. The minimum absolute atomic E-state index is 0.0531. The van der Waals surface area contributed by atoms with Crippen LogP contribution >= 0.6 is 11.6 Å². The van der Waals surface area contributed by atoms with E-state index in [0.717, 1.165) is 11.3 Å². The van der Waals surface area contributed by atoms with Gasteiger partial charge in [-0.05, 0) is 48.4 Å². The van der Waals surface area contributed by atoms with Crippen LogP contribution in [0.1, 0.15) is 36.1 Å². The first kappa shape index (κ1) is 18.9. The van der Waals surface area contributed by atoms with Crippen LogP contribution in [0.25, 0.3) is 11.4 Å². The fourth-order valence-electron chi connectivity index (χ4n) is 2.59. The molecule has 0 saturated carbocycles. The summed E-state index contributed by atoms with van der Waals surface area (Å²) in [6, 6.07) is 13.7. The molecule has 1 amide bonds. The smallest absolute Gasteiger partial charge is 0.251 e. The number of methoxy groups -OCH3 is 1. The summed E-state index contributed by atoms with van der Waals surface area (Å²) in [6.07, 6.45) is 0. The lowest BCUT2D eigenvalue weighted by molar-refractivity contribution is 0.0914. The summed E-state index contributed by atoms with van der Waals surface area (Å²) in [5.74, 6) is 1.36. The minimum atomic E-state index is -0.420. The molecule has 140 valence electrons.